The maximum atomic E-state index is 12.2. The van der Waals surface area contributed by atoms with E-state index in [1.165, 1.54) is 32.4 Å². The molecule has 0 saturated carbocycles. The highest BCUT2D eigenvalue weighted by molar-refractivity contribution is 6.02. The molecule has 0 amide bonds. The van der Waals surface area contributed by atoms with Crippen LogP contribution in [-0.4, -0.2) is 50.1 Å². The SMILES string of the molecule is COc1cc(/C=C/C(=O)/C=C(O)/C=C/c2ccc(OC(=O)CCN)c(OC)c2)ccc1OC(=O)CCN. The van der Waals surface area contributed by atoms with Crippen LogP contribution in [0.3, 0.4) is 0 Å². The van der Waals surface area contributed by atoms with Gasteiger partial charge in [-0.15, -0.1) is 0 Å². The molecule has 0 aliphatic heterocycles. The smallest absolute Gasteiger partial charge is 0.312 e. The lowest BCUT2D eigenvalue weighted by Crippen LogP contribution is -2.14. The van der Waals surface area contributed by atoms with Gasteiger partial charge in [-0.25, -0.2) is 0 Å². The van der Waals surface area contributed by atoms with Crippen molar-refractivity contribution in [2.75, 3.05) is 27.3 Å². The molecule has 0 aliphatic rings. The van der Waals surface area contributed by atoms with E-state index in [0.29, 0.717) is 22.6 Å². The fourth-order valence-corrected chi connectivity index (χ4v) is 2.93. The van der Waals surface area contributed by atoms with Gasteiger partial charge in [-0.1, -0.05) is 24.3 Å². The first-order chi connectivity index (χ1) is 17.8. The second kappa shape index (κ2) is 14.9. The number of ketones is 1. The predicted octanol–water partition coefficient (Wildman–Crippen LogP) is 2.95. The van der Waals surface area contributed by atoms with Crippen molar-refractivity contribution in [2.45, 2.75) is 12.8 Å². The zero-order chi connectivity index (χ0) is 27.2. The van der Waals surface area contributed by atoms with Gasteiger partial charge < -0.3 is 35.5 Å². The summed E-state index contributed by atoms with van der Waals surface area (Å²) in [6.45, 7) is 0.349. The van der Waals surface area contributed by atoms with E-state index >= 15 is 0 Å². The molecule has 2 rings (SSSR count). The van der Waals surface area contributed by atoms with Crippen molar-refractivity contribution in [2.24, 2.45) is 11.5 Å². The van der Waals surface area contributed by atoms with Crippen LogP contribution in [0.15, 0.2) is 60.4 Å². The van der Waals surface area contributed by atoms with Gasteiger partial charge in [-0.05, 0) is 47.5 Å². The minimum Gasteiger partial charge on any atom is -0.508 e. The number of carbonyl (C=O) groups excluding carboxylic acids is 3. The molecule has 0 fully saturated rings. The van der Waals surface area contributed by atoms with E-state index in [4.69, 9.17) is 30.4 Å². The second-order valence-corrected chi connectivity index (χ2v) is 7.48. The van der Waals surface area contributed by atoms with Crippen molar-refractivity contribution in [3.05, 3.63) is 71.5 Å². The Kier molecular flexibility index (Phi) is 11.6. The molecule has 10 heteroatoms. The maximum Gasteiger partial charge on any atom is 0.312 e. The number of ether oxygens (including phenoxy) is 4. The third-order valence-electron chi connectivity index (χ3n) is 4.70. The third-order valence-corrected chi connectivity index (χ3v) is 4.70. The molecule has 5 N–H and O–H groups in total. The Morgan fingerprint density at radius 3 is 1.65 bits per heavy atom. The van der Waals surface area contributed by atoms with Crippen LogP contribution in [0.5, 0.6) is 23.0 Å². The van der Waals surface area contributed by atoms with Crippen LogP contribution in [0, 0.1) is 0 Å². The van der Waals surface area contributed by atoms with Gasteiger partial charge >= 0.3 is 11.9 Å². The molecule has 10 nitrogen and oxygen atoms in total. The summed E-state index contributed by atoms with van der Waals surface area (Å²) in [5.41, 5.74) is 11.9. The summed E-state index contributed by atoms with van der Waals surface area (Å²) >= 11 is 0. The van der Waals surface area contributed by atoms with Gasteiger partial charge in [0.25, 0.3) is 0 Å². The van der Waals surface area contributed by atoms with Gasteiger partial charge in [0.2, 0.25) is 0 Å². The van der Waals surface area contributed by atoms with Crippen molar-refractivity contribution < 1.29 is 38.4 Å². The predicted molar refractivity (Wildman–Crippen MR) is 138 cm³/mol. The lowest BCUT2D eigenvalue weighted by Gasteiger charge is -2.09. The molecule has 0 radical (unpaired) electrons. The molecule has 37 heavy (non-hydrogen) atoms. The molecule has 196 valence electrons. The van der Waals surface area contributed by atoms with Crippen LogP contribution in [-0.2, 0) is 14.4 Å². The van der Waals surface area contributed by atoms with E-state index in [2.05, 4.69) is 0 Å². The Labute approximate surface area is 214 Å². The van der Waals surface area contributed by atoms with E-state index < -0.39 is 17.7 Å². The molecular formula is C27H30N2O8. The molecule has 2 aromatic rings. The monoisotopic (exact) mass is 510 g/mol. The number of allylic oxidation sites excluding steroid dienone is 3. The van der Waals surface area contributed by atoms with Crippen molar-refractivity contribution >= 4 is 29.9 Å². The number of carbonyl (C=O) groups is 3. The second-order valence-electron chi connectivity index (χ2n) is 7.48. The molecule has 0 aliphatic carbocycles. The van der Waals surface area contributed by atoms with Crippen LogP contribution in [0.1, 0.15) is 24.0 Å². The van der Waals surface area contributed by atoms with Crippen LogP contribution in [0.25, 0.3) is 12.2 Å². The Morgan fingerprint density at radius 1 is 0.757 bits per heavy atom. The molecule has 0 heterocycles. The molecule has 0 saturated heterocycles. The van der Waals surface area contributed by atoms with Gasteiger partial charge in [0.05, 0.1) is 27.1 Å². The normalized spacial score (nSPS) is 11.5. The quantitative estimate of drug-likeness (QED) is 0.120. The van der Waals surface area contributed by atoms with Crippen LogP contribution in [0.4, 0.5) is 0 Å². The van der Waals surface area contributed by atoms with Crippen LogP contribution in [0.2, 0.25) is 0 Å². The highest BCUT2D eigenvalue weighted by atomic mass is 16.6. The first-order valence-corrected chi connectivity index (χ1v) is 11.3. The number of rotatable bonds is 13. The van der Waals surface area contributed by atoms with Gasteiger partial charge in [0.1, 0.15) is 5.76 Å². The number of nitrogens with two attached hydrogens (primary N) is 2. The summed E-state index contributed by atoms with van der Waals surface area (Å²) in [5.74, 6) is -0.555. The van der Waals surface area contributed by atoms with E-state index in [-0.39, 0.29) is 43.2 Å². The molecule has 0 atom stereocenters. The number of hydrogen-bond acceptors (Lipinski definition) is 10. The number of benzene rings is 2. The van der Waals surface area contributed by atoms with E-state index in [1.54, 1.807) is 42.5 Å². The largest absolute Gasteiger partial charge is 0.508 e. The van der Waals surface area contributed by atoms with Crippen molar-refractivity contribution in [3.8, 4) is 23.0 Å². The van der Waals surface area contributed by atoms with E-state index in [0.717, 1.165) is 6.08 Å². The molecule has 0 unspecified atom stereocenters. The Hall–Kier alpha value is -4.41. The summed E-state index contributed by atoms with van der Waals surface area (Å²) < 4.78 is 20.9. The Bertz CT molecular complexity index is 1200. The molecule has 0 spiro atoms. The summed E-state index contributed by atoms with van der Waals surface area (Å²) in [5, 5.41) is 10.1. The molecular weight excluding hydrogens is 480 g/mol. The van der Waals surface area contributed by atoms with Gasteiger partial charge in [0.15, 0.2) is 28.8 Å². The highest BCUT2D eigenvalue weighted by Crippen LogP contribution is 2.30. The standard InChI is InChI=1S/C27H30N2O8/c1-34-24-15-18(5-9-22(24)36-26(32)11-13-28)3-7-20(30)17-21(31)8-4-19-6-10-23(25(16-19)35-2)37-27(33)12-14-29/h3-10,15-17,30H,11-14,28-29H2,1-2H3/b7-3+,8-4+,20-17-. The number of esters is 2. The number of aliphatic hydroxyl groups is 1. The van der Waals surface area contributed by atoms with Crippen molar-refractivity contribution in [1.29, 1.82) is 0 Å². The fourth-order valence-electron chi connectivity index (χ4n) is 2.93. The number of hydrogen-bond donors (Lipinski definition) is 3. The minimum atomic E-state index is -0.478. The van der Waals surface area contributed by atoms with Gasteiger partial charge in [-0.2, -0.15) is 0 Å². The summed E-state index contributed by atoms with van der Waals surface area (Å²) in [4.78, 5) is 35.5. The summed E-state index contributed by atoms with van der Waals surface area (Å²) in [6, 6.07) is 9.62. The Morgan fingerprint density at radius 2 is 1.22 bits per heavy atom. The topological polar surface area (TPSA) is 160 Å². The first-order valence-electron chi connectivity index (χ1n) is 11.3. The fraction of sp³-hybridized carbons (Fsp3) is 0.222. The summed E-state index contributed by atoms with van der Waals surface area (Å²) in [6.07, 6.45) is 6.91. The van der Waals surface area contributed by atoms with Crippen molar-refractivity contribution in [3.63, 3.8) is 0 Å². The zero-order valence-corrected chi connectivity index (χ0v) is 20.6. The lowest BCUT2D eigenvalue weighted by atomic mass is 10.1. The third kappa shape index (κ3) is 9.63. The van der Waals surface area contributed by atoms with E-state index in [1.807, 2.05) is 0 Å². The highest BCUT2D eigenvalue weighted by Gasteiger charge is 2.11. The number of methoxy groups -OCH3 is 2. The lowest BCUT2D eigenvalue weighted by molar-refractivity contribution is -0.135. The average Bonchev–Trinajstić information content (AvgIpc) is 2.87. The van der Waals surface area contributed by atoms with Crippen LogP contribution >= 0.6 is 0 Å². The minimum absolute atomic E-state index is 0.0765. The van der Waals surface area contributed by atoms with Crippen molar-refractivity contribution in [1.82, 2.24) is 0 Å². The summed E-state index contributed by atoms with van der Waals surface area (Å²) in [7, 11) is 2.86. The molecule has 0 bridgehead atoms. The zero-order valence-electron chi connectivity index (χ0n) is 20.6. The molecule has 2 aromatic carbocycles. The Balaban J connectivity index is 2.05. The average molecular weight is 511 g/mol. The first kappa shape index (κ1) is 28.8. The van der Waals surface area contributed by atoms with Crippen LogP contribution < -0.4 is 30.4 Å². The van der Waals surface area contributed by atoms with E-state index in [9.17, 15) is 19.5 Å². The van der Waals surface area contributed by atoms with Gasteiger partial charge in [-0.3, -0.25) is 14.4 Å². The molecule has 0 aromatic heterocycles. The maximum absolute atomic E-state index is 12.2. The van der Waals surface area contributed by atoms with Gasteiger partial charge in [0, 0.05) is 19.2 Å². The number of aliphatic hydroxyl groups excluding tert-OH is 1.